The smallest absolute Gasteiger partial charge is 0.181 e. The topological polar surface area (TPSA) is 97.6 Å². The summed E-state index contributed by atoms with van der Waals surface area (Å²) in [7, 11) is 0. The van der Waals surface area contributed by atoms with Crippen molar-refractivity contribution < 1.29 is 0 Å². The zero-order valence-electron chi connectivity index (χ0n) is 15.9. The van der Waals surface area contributed by atoms with Crippen molar-refractivity contribution in [3.8, 4) is 17.5 Å². The van der Waals surface area contributed by atoms with Crippen molar-refractivity contribution in [2.75, 3.05) is 0 Å². The lowest BCUT2D eigenvalue weighted by Crippen LogP contribution is -2.07. The van der Waals surface area contributed by atoms with Gasteiger partial charge < -0.3 is 0 Å². The molecule has 0 saturated carbocycles. The Morgan fingerprint density at radius 1 is 1.04 bits per heavy atom. The second-order valence-electron chi connectivity index (χ2n) is 6.60. The van der Waals surface area contributed by atoms with Crippen LogP contribution in [0.15, 0.2) is 36.5 Å². The van der Waals surface area contributed by atoms with Gasteiger partial charge in [0.2, 0.25) is 0 Å². The Hall–Kier alpha value is -3.60. The molecule has 0 amide bonds. The lowest BCUT2D eigenvalue weighted by Gasteiger charge is -2.01. The number of rotatable bonds is 6. The molecule has 0 atom stereocenters. The summed E-state index contributed by atoms with van der Waals surface area (Å²) in [4.78, 5) is 13.7. The Morgan fingerprint density at radius 2 is 1.86 bits per heavy atom. The Labute approximate surface area is 162 Å². The van der Waals surface area contributed by atoms with Gasteiger partial charge in [0.1, 0.15) is 5.82 Å². The normalized spacial score (nSPS) is 11.0. The molecule has 0 aliphatic rings. The Kier molecular flexibility index (Phi) is 4.81. The molecule has 28 heavy (non-hydrogen) atoms. The van der Waals surface area contributed by atoms with E-state index in [-0.39, 0.29) is 0 Å². The molecule has 0 saturated heterocycles. The van der Waals surface area contributed by atoms with Crippen molar-refractivity contribution in [2.45, 2.75) is 39.7 Å². The second-order valence-corrected chi connectivity index (χ2v) is 6.60. The standard InChI is InChI=1S/C20H20N8/c1-14-13-22-15(2)20-23-17(25-28(14)20)9-10-18-24-19(16-7-4-3-5-8-16)26-27(18)12-6-11-21/h3-5,7-8,13H,6,9-10,12H2,1-2H3. The lowest BCUT2D eigenvalue weighted by atomic mass is 10.2. The second kappa shape index (κ2) is 7.56. The highest BCUT2D eigenvalue weighted by molar-refractivity contribution is 5.54. The molecule has 0 bridgehead atoms. The number of hydrogen-bond donors (Lipinski definition) is 0. The van der Waals surface area contributed by atoms with Crippen molar-refractivity contribution in [1.82, 2.24) is 34.3 Å². The van der Waals surface area contributed by atoms with E-state index in [0.29, 0.717) is 31.6 Å². The number of hydrogen-bond acceptors (Lipinski definition) is 6. The molecular formula is C20H20N8. The molecule has 0 unspecified atom stereocenters. The third-order valence-corrected chi connectivity index (χ3v) is 4.54. The molecule has 8 heteroatoms. The maximum absolute atomic E-state index is 8.94. The number of nitrogens with zero attached hydrogens (tertiary/aromatic N) is 8. The largest absolute Gasteiger partial charge is 0.256 e. The van der Waals surface area contributed by atoms with E-state index in [1.807, 2.05) is 53.4 Å². The minimum Gasteiger partial charge on any atom is -0.256 e. The third-order valence-electron chi connectivity index (χ3n) is 4.54. The summed E-state index contributed by atoms with van der Waals surface area (Å²) >= 11 is 0. The molecule has 0 N–H and O–H groups in total. The number of benzene rings is 1. The van der Waals surface area contributed by atoms with Gasteiger partial charge in [-0.05, 0) is 13.8 Å². The Bertz CT molecular complexity index is 1110. The zero-order chi connectivity index (χ0) is 19.5. The monoisotopic (exact) mass is 372 g/mol. The SMILES string of the molecule is Cc1ncc(C)n2nc(CCc3nc(-c4ccccc4)nn3CCC#N)nc12. The molecule has 4 aromatic rings. The molecule has 0 radical (unpaired) electrons. The maximum atomic E-state index is 8.94. The predicted octanol–water partition coefficient (Wildman–Crippen LogP) is 2.70. The fraction of sp³-hybridized carbons (Fsp3) is 0.300. The van der Waals surface area contributed by atoms with Gasteiger partial charge in [-0.1, -0.05) is 30.3 Å². The fourth-order valence-electron chi connectivity index (χ4n) is 3.07. The van der Waals surface area contributed by atoms with Crippen LogP contribution in [0.25, 0.3) is 17.0 Å². The van der Waals surface area contributed by atoms with Gasteiger partial charge in [-0.2, -0.15) is 15.5 Å². The van der Waals surface area contributed by atoms with Gasteiger partial charge in [-0.3, -0.25) is 4.98 Å². The van der Waals surface area contributed by atoms with E-state index in [4.69, 9.17) is 10.2 Å². The van der Waals surface area contributed by atoms with E-state index < -0.39 is 0 Å². The average molecular weight is 372 g/mol. The highest BCUT2D eigenvalue weighted by Crippen LogP contribution is 2.17. The van der Waals surface area contributed by atoms with Gasteiger partial charge in [0.15, 0.2) is 17.3 Å². The number of nitriles is 1. The number of aryl methyl sites for hydroxylation is 5. The first-order chi connectivity index (χ1) is 13.7. The van der Waals surface area contributed by atoms with E-state index in [2.05, 4.69) is 26.2 Å². The van der Waals surface area contributed by atoms with Crippen LogP contribution >= 0.6 is 0 Å². The highest BCUT2D eigenvalue weighted by Gasteiger charge is 2.14. The van der Waals surface area contributed by atoms with Crippen molar-refractivity contribution in [2.24, 2.45) is 0 Å². The molecule has 0 aliphatic carbocycles. The third kappa shape index (κ3) is 3.47. The Balaban J connectivity index is 1.60. The minimum absolute atomic E-state index is 0.390. The van der Waals surface area contributed by atoms with Crippen molar-refractivity contribution >= 4 is 5.65 Å². The van der Waals surface area contributed by atoms with Crippen molar-refractivity contribution in [1.29, 1.82) is 5.26 Å². The zero-order valence-corrected chi connectivity index (χ0v) is 15.9. The van der Waals surface area contributed by atoms with E-state index in [0.717, 1.165) is 34.2 Å². The molecular weight excluding hydrogens is 352 g/mol. The minimum atomic E-state index is 0.390. The Morgan fingerprint density at radius 3 is 2.61 bits per heavy atom. The summed E-state index contributed by atoms with van der Waals surface area (Å²) in [6.45, 7) is 4.41. The van der Waals surface area contributed by atoms with Gasteiger partial charge in [-0.15, -0.1) is 0 Å². The fourth-order valence-corrected chi connectivity index (χ4v) is 3.07. The van der Waals surface area contributed by atoms with Crippen LogP contribution in [-0.4, -0.2) is 34.3 Å². The van der Waals surface area contributed by atoms with E-state index in [1.165, 1.54) is 0 Å². The van der Waals surface area contributed by atoms with Crippen molar-refractivity contribution in [3.05, 3.63) is 59.6 Å². The van der Waals surface area contributed by atoms with Crippen LogP contribution in [0.3, 0.4) is 0 Å². The lowest BCUT2D eigenvalue weighted by molar-refractivity contribution is 0.585. The van der Waals surface area contributed by atoms with E-state index in [9.17, 15) is 0 Å². The van der Waals surface area contributed by atoms with Gasteiger partial charge >= 0.3 is 0 Å². The molecule has 3 heterocycles. The van der Waals surface area contributed by atoms with E-state index >= 15 is 0 Å². The van der Waals surface area contributed by atoms with Crippen LogP contribution in [0, 0.1) is 25.2 Å². The first kappa shape index (κ1) is 17.8. The van der Waals surface area contributed by atoms with Crippen LogP contribution in [0.2, 0.25) is 0 Å². The van der Waals surface area contributed by atoms with Gasteiger partial charge in [0.05, 0.1) is 30.4 Å². The van der Waals surface area contributed by atoms with Gasteiger partial charge in [-0.25, -0.2) is 19.2 Å². The first-order valence-corrected chi connectivity index (χ1v) is 9.19. The summed E-state index contributed by atoms with van der Waals surface area (Å²) in [5.41, 5.74) is 3.55. The number of aromatic nitrogens is 7. The maximum Gasteiger partial charge on any atom is 0.181 e. The molecule has 0 fully saturated rings. The van der Waals surface area contributed by atoms with Crippen LogP contribution in [0.4, 0.5) is 0 Å². The number of fused-ring (bicyclic) bond motifs is 1. The molecule has 8 nitrogen and oxygen atoms in total. The van der Waals surface area contributed by atoms with Crippen LogP contribution in [-0.2, 0) is 19.4 Å². The molecule has 1 aromatic carbocycles. The summed E-state index contributed by atoms with van der Waals surface area (Å²) in [5.74, 6) is 2.25. The quantitative estimate of drug-likeness (QED) is 0.516. The molecule has 3 aromatic heterocycles. The summed E-state index contributed by atoms with van der Waals surface area (Å²) < 4.78 is 3.65. The molecule has 0 aliphatic heterocycles. The molecule has 140 valence electrons. The van der Waals surface area contributed by atoms with Crippen LogP contribution in [0.1, 0.15) is 29.5 Å². The summed E-state index contributed by atoms with van der Waals surface area (Å²) in [6, 6.07) is 12.0. The van der Waals surface area contributed by atoms with Crippen molar-refractivity contribution in [3.63, 3.8) is 0 Å². The van der Waals surface area contributed by atoms with Gasteiger partial charge in [0, 0.05) is 24.6 Å². The predicted molar refractivity (Wildman–Crippen MR) is 103 cm³/mol. The summed E-state index contributed by atoms with van der Waals surface area (Å²) in [5, 5.41) is 18.1. The summed E-state index contributed by atoms with van der Waals surface area (Å²) in [6.07, 6.45) is 3.47. The average Bonchev–Trinajstić information content (AvgIpc) is 3.33. The molecule has 0 spiro atoms. The van der Waals surface area contributed by atoms with Crippen LogP contribution < -0.4 is 0 Å². The first-order valence-electron chi connectivity index (χ1n) is 9.19. The van der Waals surface area contributed by atoms with Gasteiger partial charge in [0.25, 0.3) is 0 Å². The van der Waals surface area contributed by atoms with E-state index in [1.54, 1.807) is 6.20 Å². The van der Waals surface area contributed by atoms with Crippen LogP contribution in [0.5, 0.6) is 0 Å². The highest BCUT2D eigenvalue weighted by atomic mass is 15.3. The molecule has 4 rings (SSSR count).